The van der Waals surface area contributed by atoms with E-state index < -0.39 is 15.6 Å². The zero-order valence-corrected chi connectivity index (χ0v) is 12.5. The van der Waals surface area contributed by atoms with E-state index >= 15 is 0 Å². The zero-order valence-electron chi connectivity index (χ0n) is 11.7. The number of nitrogens with one attached hydrogen (secondary N) is 1. The van der Waals surface area contributed by atoms with E-state index in [0.717, 1.165) is 25.7 Å². The maximum atomic E-state index is 12.6. The number of hydrogen-bond donors (Lipinski definition) is 2. The Morgan fingerprint density at radius 2 is 2.25 bits per heavy atom. The number of fused-ring (bicyclic) bond motifs is 1. The Kier molecular flexibility index (Phi) is 3.38. The van der Waals surface area contributed by atoms with Gasteiger partial charge in [-0.2, -0.15) is 4.31 Å². The summed E-state index contributed by atoms with van der Waals surface area (Å²) in [7, 11) is -3.51. The van der Waals surface area contributed by atoms with Gasteiger partial charge in [0.1, 0.15) is 5.82 Å². The topological polar surface area (TPSA) is 86.3 Å². The van der Waals surface area contributed by atoms with E-state index in [-0.39, 0.29) is 10.9 Å². The minimum Gasteiger partial charge on any atom is -0.390 e. The summed E-state index contributed by atoms with van der Waals surface area (Å²) in [5, 5.41) is 10.8. The van der Waals surface area contributed by atoms with E-state index in [1.54, 1.807) is 6.92 Å². The second kappa shape index (κ2) is 4.82. The first-order valence-electron chi connectivity index (χ1n) is 7.16. The van der Waals surface area contributed by atoms with Crippen LogP contribution in [0.3, 0.4) is 0 Å². The van der Waals surface area contributed by atoms with Gasteiger partial charge in [0.25, 0.3) is 10.0 Å². The van der Waals surface area contributed by atoms with Crippen molar-refractivity contribution < 1.29 is 13.5 Å². The molecule has 7 heteroatoms. The number of nitrogens with zero attached hydrogens (tertiary/aromatic N) is 2. The summed E-state index contributed by atoms with van der Waals surface area (Å²) in [5.74, 6) is 0.651. The fraction of sp³-hybridized carbons (Fsp3) is 0.769. The molecule has 0 aromatic carbocycles. The van der Waals surface area contributed by atoms with Gasteiger partial charge < -0.3 is 10.1 Å². The van der Waals surface area contributed by atoms with Gasteiger partial charge in [-0.3, -0.25) is 0 Å². The molecule has 1 saturated carbocycles. The van der Waals surface area contributed by atoms with Gasteiger partial charge in [0.15, 0.2) is 5.03 Å². The lowest BCUT2D eigenvalue weighted by Gasteiger charge is -2.46. The monoisotopic (exact) mass is 299 g/mol. The third-order valence-corrected chi connectivity index (χ3v) is 6.46. The first-order chi connectivity index (χ1) is 9.42. The van der Waals surface area contributed by atoms with E-state index in [9.17, 15) is 13.5 Å². The molecule has 1 aliphatic heterocycles. The maximum Gasteiger partial charge on any atom is 0.260 e. The van der Waals surface area contributed by atoms with Crippen LogP contribution >= 0.6 is 0 Å². The molecule has 0 spiro atoms. The molecule has 2 aliphatic rings. The van der Waals surface area contributed by atoms with Crippen LogP contribution in [-0.4, -0.2) is 46.5 Å². The van der Waals surface area contributed by atoms with Crippen LogP contribution in [0.5, 0.6) is 0 Å². The predicted octanol–water partition coefficient (Wildman–Crippen LogP) is 1.03. The summed E-state index contributed by atoms with van der Waals surface area (Å²) in [6.07, 6.45) is 5.72. The number of sulfonamides is 1. The Labute approximate surface area is 119 Å². The molecule has 0 amide bonds. The van der Waals surface area contributed by atoms with Crippen LogP contribution in [0.4, 0.5) is 0 Å². The second-order valence-electron chi connectivity index (χ2n) is 5.99. The number of piperidine rings is 1. The summed E-state index contributed by atoms with van der Waals surface area (Å²) in [6.45, 7) is 2.53. The summed E-state index contributed by atoms with van der Waals surface area (Å²) >= 11 is 0. The summed E-state index contributed by atoms with van der Waals surface area (Å²) in [6, 6.07) is 0. The van der Waals surface area contributed by atoms with Crippen LogP contribution in [0.25, 0.3) is 0 Å². The van der Waals surface area contributed by atoms with Gasteiger partial charge in [-0.05, 0) is 26.2 Å². The van der Waals surface area contributed by atoms with Crippen molar-refractivity contribution in [2.75, 3.05) is 13.1 Å². The molecule has 1 aromatic heterocycles. The molecule has 2 N–H and O–H groups in total. The zero-order chi connectivity index (χ0) is 14.4. The highest BCUT2D eigenvalue weighted by Crippen LogP contribution is 2.40. The molecule has 2 heterocycles. The second-order valence-corrected chi connectivity index (χ2v) is 7.90. The van der Waals surface area contributed by atoms with Gasteiger partial charge in [0, 0.05) is 19.0 Å². The average molecular weight is 299 g/mol. The van der Waals surface area contributed by atoms with Crippen molar-refractivity contribution in [2.24, 2.45) is 5.92 Å². The number of aromatic nitrogens is 2. The predicted molar refractivity (Wildman–Crippen MR) is 73.6 cm³/mol. The highest BCUT2D eigenvalue weighted by molar-refractivity contribution is 7.89. The lowest BCUT2D eigenvalue weighted by molar-refractivity contribution is -0.0816. The number of H-pyrrole nitrogens is 1. The minimum atomic E-state index is -3.51. The number of aromatic amines is 1. The van der Waals surface area contributed by atoms with Crippen molar-refractivity contribution in [3.63, 3.8) is 0 Å². The van der Waals surface area contributed by atoms with Crippen LogP contribution in [0.1, 0.15) is 37.9 Å². The lowest BCUT2D eigenvalue weighted by Crippen LogP contribution is -2.54. The molecular formula is C13H21N3O3S. The van der Waals surface area contributed by atoms with Crippen molar-refractivity contribution in [3.8, 4) is 0 Å². The number of aryl methyl sites for hydroxylation is 1. The van der Waals surface area contributed by atoms with E-state index in [4.69, 9.17) is 0 Å². The number of rotatable bonds is 2. The smallest absolute Gasteiger partial charge is 0.260 e. The highest BCUT2D eigenvalue weighted by Gasteiger charge is 2.45. The first kappa shape index (κ1) is 14.0. The molecule has 6 nitrogen and oxygen atoms in total. The Hall–Kier alpha value is -0.920. The standard InChI is InChI=1S/C13H21N3O3S/c1-10-14-8-12(15-10)20(18,19)16-7-6-13(17)5-3-2-4-11(13)9-16/h8,11,17H,2-7,9H2,1H3,(H,14,15). The third-order valence-electron chi connectivity index (χ3n) is 4.69. The molecule has 1 aliphatic carbocycles. The third kappa shape index (κ3) is 2.27. The SMILES string of the molecule is Cc1ncc(S(=O)(=O)N2CCC3(O)CCCCC3C2)[nH]1. The van der Waals surface area contributed by atoms with Crippen molar-refractivity contribution in [1.29, 1.82) is 0 Å². The average Bonchev–Trinajstić information content (AvgIpc) is 2.85. The van der Waals surface area contributed by atoms with Crippen LogP contribution < -0.4 is 0 Å². The molecule has 3 rings (SSSR count). The van der Waals surface area contributed by atoms with Gasteiger partial charge in [-0.1, -0.05) is 12.8 Å². The largest absolute Gasteiger partial charge is 0.390 e. The van der Waals surface area contributed by atoms with Crippen molar-refractivity contribution in [1.82, 2.24) is 14.3 Å². The summed E-state index contributed by atoms with van der Waals surface area (Å²) < 4.78 is 26.6. The molecule has 0 radical (unpaired) electrons. The minimum absolute atomic E-state index is 0.0591. The Bertz CT molecular complexity index is 598. The number of hydrogen-bond acceptors (Lipinski definition) is 4. The highest BCUT2D eigenvalue weighted by atomic mass is 32.2. The molecule has 2 fully saturated rings. The van der Waals surface area contributed by atoms with Crippen LogP contribution in [0.2, 0.25) is 0 Å². The van der Waals surface area contributed by atoms with Crippen molar-refractivity contribution in [2.45, 2.75) is 49.7 Å². The molecule has 1 saturated heterocycles. The fourth-order valence-corrected chi connectivity index (χ4v) is 4.88. The molecule has 0 bridgehead atoms. The van der Waals surface area contributed by atoms with E-state index in [0.29, 0.717) is 25.3 Å². The van der Waals surface area contributed by atoms with Crippen molar-refractivity contribution >= 4 is 10.0 Å². The Balaban J connectivity index is 1.82. The number of aliphatic hydroxyl groups is 1. The fourth-order valence-electron chi connectivity index (χ4n) is 3.43. The number of imidazole rings is 1. The van der Waals surface area contributed by atoms with Gasteiger partial charge in [-0.15, -0.1) is 0 Å². The quantitative estimate of drug-likeness (QED) is 0.854. The Morgan fingerprint density at radius 1 is 1.45 bits per heavy atom. The van der Waals surface area contributed by atoms with Gasteiger partial charge in [0.2, 0.25) is 0 Å². The lowest BCUT2D eigenvalue weighted by atomic mass is 9.72. The Morgan fingerprint density at radius 3 is 2.95 bits per heavy atom. The first-order valence-corrected chi connectivity index (χ1v) is 8.60. The summed E-state index contributed by atoms with van der Waals surface area (Å²) in [5.41, 5.74) is -0.659. The molecule has 2 atom stereocenters. The van der Waals surface area contributed by atoms with Crippen LogP contribution in [0, 0.1) is 12.8 Å². The molecular weight excluding hydrogens is 278 g/mol. The van der Waals surface area contributed by atoms with Gasteiger partial charge >= 0.3 is 0 Å². The summed E-state index contributed by atoms with van der Waals surface area (Å²) in [4.78, 5) is 6.75. The maximum absolute atomic E-state index is 12.6. The molecule has 1 aromatic rings. The van der Waals surface area contributed by atoms with E-state index in [1.165, 1.54) is 10.5 Å². The van der Waals surface area contributed by atoms with Gasteiger partial charge in [0.05, 0.1) is 11.8 Å². The molecule has 112 valence electrons. The van der Waals surface area contributed by atoms with Crippen LogP contribution in [0.15, 0.2) is 11.2 Å². The van der Waals surface area contributed by atoms with Gasteiger partial charge in [-0.25, -0.2) is 13.4 Å². The van der Waals surface area contributed by atoms with Crippen molar-refractivity contribution in [3.05, 3.63) is 12.0 Å². The van der Waals surface area contributed by atoms with Crippen LogP contribution in [-0.2, 0) is 10.0 Å². The molecule has 20 heavy (non-hydrogen) atoms. The van der Waals surface area contributed by atoms with E-state index in [1.807, 2.05) is 0 Å². The normalized spacial score (nSPS) is 32.0. The molecule has 2 unspecified atom stereocenters. The van der Waals surface area contributed by atoms with E-state index in [2.05, 4.69) is 9.97 Å².